The van der Waals surface area contributed by atoms with E-state index in [1.165, 1.54) is 0 Å². The highest BCUT2D eigenvalue weighted by atomic mass is 16.6. The molecule has 0 aromatic rings. The van der Waals surface area contributed by atoms with Crippen molar-refractivity contribution >= 4 is 11.9 Å². The van der Waals surface area contributed by atoms with Gasteiger partial charge in [-0.25, -0.2) is 0 Å². The van der Waals surface area contributed by atoms with Crippen LogP contribution in [0.1, 0.15) is 13.3 Å². The van der Waals surface area contributed by atoms with Crippen LogP contribution in [0.5, 0.6) is 0 Å². The maximum atomic E-state index is 12.7. The van der Waals surface area contributed by atoms with E-state index in [0.717, 1.165) is 0 Å². The topological polar surface area (TPSA) is 91.8 Å². The van der Waals surface area contributed by atoms with Gasteiger partial charge in [-0.05, 0) is 41.2 Å². The van der Waals surface area contributed by atoms with Crippen LogP contribution in [0.4, 0.5) is 0 Å². The van der Waals surface area contributed by atoms with E-state index >= 15 is 0 Å². The molecule has 150 valence electrons. The SMILES string of the molecule is CN(C)CC1C(=O)OC2CC3(C)OC3C(O)C(N(C)C)C3C=C(OC3=O)C21. The van der Waals surface area contributed by atoms with Crippen molar-refractivity contribution in [2.75, 3.05) is 34.7 Å². The number of hydrogen-bond donors (Lipinski definition) is 1. The van der Waals surface area contributed by atoms with Crippen LogP contribution >= 0.6 is 0 Å². The Labute approximate surface area is 159 Å². The third-order valence-corrected chi connectivity index (χ3v) is 6.30. The van der Waals surface area contributed by atoms with Crippen molar-refractivity contribution in [3.8, 4) is 0 Å². The van der Waals surface area contributed by atoms with Gasteiger partial charge in [-0.15, -0.1) is 0 Å². The highest BCUT2D eigenvalue weighted by Gasteiger charge is 2.64. The number of ether oxygens (including phenoxy) is 3. The number of nitrogens with zero attached hydrogens (tertiary/aromatic N) is 2. The molecule has 0 aromatic carbocycles. The molecule has 3 heterocycles. The number of likely N-dealkylation sites (N-methyl/N-ethyl adjacent to an activating group) is 1. The van der Waals surface area contributed by atoms with Crippen molar-refractivity contribution in [2.45, 2.75) is 43.3 Å². The van der Waals surface area contributed by atoms with E-state index in [-0.39, 0.29) is 11.9 Å². The van der Waals surface area contributed by atoms with Gasteiger partial charge >= 0.3 is 11.9 Å². The van der Waals surface area contributed by atoms with Gasteiger partial charge in [-0.2, -0.15) is 0 Å². The fourth-order valence-electron chi connectivity index (χ4n) is 5.00. The summed E-state index contributed by atoms with van der Waals surface area (Å²) in [5.74, 6) is -1.50. The third kappa shape index (κ3) is 2.99. The molecular weight excluding hydrogens is 352 g/mol. The zero-order valence-corrected chi connectivity index (χ0v) is 16.4. The van der Waals surface area contributed by atoms with E-state index in [1.54, 1.807) is 6.08 Å². The summed E-state index contributed by atoms with van der Waals surface area (Å²) in [6.45, 7) is 2.44. The first-order valence-corrected chi connectivity index (χ1v) is 9.43. The van der Waals surface area contributed by atoms with Crippen LogP contribution < -0.4 is 0 Å². The highest BCUT2D eigenvalue weighted by molar-refractivity contribution is 5.81. The van der Waals surface area contributed by atoms with Crippen molar-refractivity contribution in [2.24, 2.45) is 17.8 Å². The lowest BCUT2D eigenvalue weighted by Gasteiger charge is -2.31. The molecule has 8 heteroatoms. The fourth-order valence-corrected chi connectivity index (χ4v) is 5.00. The predicted molar refractivity (Wildman–Crippen MR) is 94.5 cm³/mol. The van der Waals surface area contributed by atoms with Crippen LogP contribution in [-0.2, 0) is 23.8 Å². The summed E-state index contributed by atoms with van der Waals surface area (Å²) in [7, 11) is 7.47. The summed E-state index contributed by atoms with van der Waals surface area (Å²) in [5, 5.41) is 10.9. The lowest BCUT2D eigenvalue weighted by Crippen LogP contribution is -2.49. The van der Waals surface area contributed by atoms with Crippen molar-refractivity contribution in [3.63, 3.8) is 0 Å². The molecule has 8 atom stereocenters. The van der Waals surface area contributed by atoms with Crippen molar-refractivity contribution in [3.05, 3.63) is 11.8 Å². The second-order valence-electron chi connectivity index (χ2n) is 8.89. The van der Waals surface area contributed by atoms with Crippen LogP contribution in [0.2, 0.25) is 0 Å². The van der Waals surface area contributed by atoms with Crippen molar-refractivity contribution in [1.29, 1.82) is 0 Å². The molecule has 4 rings (SSSR count). The number of esters is 2. The van der Waals surface area contributed by atoms with Crippen molar-refractivity contribution in [1.82, 2.24) is 9.80 Å². The summed E-state index contributed by atoms with van der Waals surface area (Å²) >= 11 is 0. The Morgan fingerprint density at radius 3 is 2.56 bits per heavy atom. The second kappa shape index (κ2) is 6.27. The molecule has 3 aliphatic heterocycles. The maximum Gasteiger partial charge on any atom is 0.319 e. The minimum Gasteiger partial charge on any atom is -0.461 e. The largest absolute Gasteiger partial charge is 0.461 e. The molecular formula is C19H28N2O6. The van der Waals surface area contributed by atoms with Crippen LogP contribution in [0.15, 0.2) is 11.8 Å². The summed E-state index contributed by atoms with van der Waals surface area (Å²) in [6, 6.07) is -0.455. The predicted octanol–water partition coefficient (Wildman–Crippen LogP) is -0.385. The van der Waals surface area contributed by atoms with Crippen LogP contribution in [0.3, 0.4) is 0 Å². The van der Waals surface area contributed by atoms with Gasteiger partial charge < -0.3 is 29.1 Å². The maximum absolute atomic E-state index is 12.7. The van der Waals surface area contributed by atoms with E-state index in [9.17, 15) is 14.7 Å². The normalized spacial score (nSPS) is 45.9. The Hall–Kier alpha value is -1.48. The lowest BCUT2D eigenvalue weighted by molar-refractivity contribution is -0.145. The average Bonchev–Trinajstić information content (AvgIpc) is 2.94. The molecule has 4 aliphatic rings. The third-order valence-electron chi connectivity index (χ3n) is 6.30. The summed E-state index contributed by atoms with van der Waals surface area (Å²) < 4.78 is 17.2. The van der Waals surface area contributed by atoms with E-state index in [2.05, 4.69) is 0 Å². The molecule has 2 fully saturated rings. The molecule has 0 amide bonds. The molecule has 27 heavy (non-hydrogen) atoms. The molecule has 8 nitrogen and oxygen atoms in total. The monoisotopic (exact) mass is 380 g/mol. The van der Waals surface area contributed by atoms with Gasteiger partial charge in [0.1, 0.15) is 18.0 Å². The number of aliphatic hydroxyl groups is 1. The van der Waals surface area contributed by atoms with E-state index in [0.29, 0.717) is 18.7 Å². The Morgan fingerprint density at radius 2 is 1.93 bits per heavy atom. The van der Waals surface area contributed by atoms with Crippen LogP contribution in [0.25, 0.3) is 0 Å². The smallest absolute Gasteiger partial charge is 0.319 e. The first-order chi connectivity index (χ1) is 12.6. The van der Waals surface area contributed by atoms with Gasteiger partial charge in [-0.1, -0.05) is 0 Å². The van der Waals surface area contributed by atoms with E-state index in [1.807, 2.05) is 44.9 Å². The quantitative estimate of drug-likeness (QED) is 0.523. The molecule has 1 N–H and O–H groups in total. The molecule has 1 aliphatic carbocycles. The molecule has 0 spiro atoms. The van der Waals surface area contributed by atoms with Crippen LogP contribution in [0, 0.1) is 17.8 Å². The zero-order valence-electron chi connectivity index (χ0n) is 16.4. The summed E-state index contributed by atoms with van der Waals surface area (Å²) in [5.41, 5.74) is -0.579. The first kappa shape index (κ1) is 18.9. The minimum absolute atomic E-state index is 0.274. The molecule has 0 aromatic heterocycles. The Morgan fingerprint density at radius 1 is 1.22 bits per heavy atom. The fraction of sp³-hybridized carbons (Fsp3) is 0.789. The van der Waals surface area contributed by atoms with Gasteiger partial charge in [0, 0.05) is 13.0 Å². The standard InChI is InChI=1S/C19H28N2O6/c1-19-7-12-13(10(8-20(2)3)18(24)26-12)11-6-9(17(23)25-11)14(21(4)5)15(22)16(19)27-19/h6,9-10,12-16,22H,7-8H2,1-5H3. The Kier molecular flexibility index (Phi) is 4.38. The minimum atomic E-state index is -0.843. The van der Waals surface area contributed by atoms with Crippen LogP contribution in [-0.4, -0.2) is 91.5 Å². The highest BCUT2D eigenvalue weighted by Crippen LogP contribution is 2.51. The average molecular weight is 380 g/mol. The number of aliphatic hydroxyl groups excluding tert-OH is 1. The van der Waals surface area contributed by atoms with Gasteiger partial charge in [-0.3, -0.25) is 9.59 Å². The number of carbonyl (C=O) groups excluding carboxylic acids is 2. The molecule has 8 unspecified atom stereocenters. The van der Waals surface area contributed by atoms with E-state index in [4.69, 9.17) is 14.2 Å². The summed E-state index contributed by atoms with van der Waals surface area (Å²) in [6.07, 6.45) is 0.571. The van der Waals surface area contributed by atoms with Crippen molar-refractivity contribution < 1.29 is 28.9 Å². The number of epoxide rings is 1. The van der Waals surface area contributed by atoms with Gasteiger partial charge in [0.05, 0.1) is 35.5 Å². The van der Waals surface area contributed by atoms with E-state index < -0.39 is 47.8 Å². The Balaban J connectivity index is 1.76. The number of carbonyl (C=O) groups is 2. The van der Waals surface area contributed by atoms with Gasteiger partial charge in [0.25, 0.3) is 0 Å². The Bertz CT molecular complexity index is 692. The number of hydrogen-bond acceptors (Lipinski definition) is 8. The lowest BCUT2D eigenvalue weighted by atomic mass is 9.79. The molecule has 2 bridgehead atoms. The van der Waals surface area contributed by atoms with Gasteiger partial charge in [0.2, 0.25) is 0 Å². The first-order valence-electron chi connectivity index (χ1n) is 9.43. The summed E-state index contributed by atoms with van der Waals surface area (Å²) in [4.78, 5) is 29.0. The number of rotatable bonds is 3. The van der Waals surface area contributed by atoms with Gasteiger partial charge in [0.15, 0.2) is 0 Å². The zero-order chi connectivity index (χ0) is 19.7. The second-order valence-corrected chi connectivity index (χ2v) is 8.89. The number of fused-ring (bicyclic) bond motifs is 4. The molecule has 0 radical (unpaired) electrons. The molecule has 0 saturated carbocycles. The molecule has 2 saturated heterocycles.